The van der Waals surface area contributed by atoms with Crippen LogP contribution in [0, 0.1) is 6.92 Å². The van der Waals surface area contributed by atoms with Crippen LogP contribution in [0.15, 0.2) is 30.3 Å². The number of benzene rings is 1. The monoisotopic (exact) mass is 325 g/mol. The van der Waals surface area contributed by atoms with Gasteiger partial charge in [-0.1, -0.05) is 23.7 Å². The van der Waals surface area contributed by atoms with Crippen molar-refractivity contribution in [1.82, 2.24) is 5.32 Å². The van der Waals surface area contributed by atoms with Crippen LogP contribution < -0.4 is 10.1 Å². The summed E-state index contributed by atoms with van der Waals surface area (Å²) in [4.78, 5) is 12.5. The summed E-state index contributed by atoms with van der Waals surface area (Å²) < 4.78 is 5.87. The molecule has 1 aromatic heterocycles. The molecule has 21 heavy (non-hydrogen) atoms. The molecule has 1 heterocycles. The fourth-order valence-corrected chi connectivity index (χ4v) is 3.18. The molecule has 1 atom stereocenters. The van der Waals surface area contributed by atoms with Crippen molar-refractivity contribution in [2.75, 3.05) is 7.11 Å². The van der Waals surface area contributed by atoms with Crippen molar-refractivity contribution in [3.8, 4) is 5.75 Å². The number of halogens is 1. The third kappa shape index (κ3) is 3.97. The van der Waals surface area contributed by atoms with Crippen LogP contribution in [0.5, 0.6) is 5.75 Å². The van der Waals surface area contributed by atoms with Crippen molar-refractivity contribution >= 4 is 28.9 Å². The molecule has 0 bridgehead atoms. The maximum absolute atomic E-state index is 11.5. The van der Waals surface area contributed by atoms with E-state index in [1.54, 1.807) is 31.4 Å². The van der Waals surface area contributed by atoms with E-state index >= 15 is 0 Å². The van der Waals surface area contributed by atoms with Crippen LogP contribution in [0.4, 0.5) is 0 Å². The first kappa shape index (κ1) is 15.8. The van der Waals surface area contributed by atoms with E-state index in [1.165, 1.54) is 11.3 Å². The third-order valence-electron chi connectivity index (χ3n) is 3.06. The van der Waals surface area contributed by atoms with E-state index in [4.69, 9.17) is 16.3 Å². The van der Waals surface area contributed by atoms with Gasteiger partial charge in [0.1, 0.15) is 11.8 Å². The second-order valence-electron chi connectivity index (χ2n) is 4.60. The lowest BCUT2D eigenvalue weighted by molar-refractivity contribution is -0.139. The zero-order valence-corrected chi connectivity index (χ0v) is 13.3. The topological polar surface area (TPSA) is 58.6 Å². The fourth-order valence-electron chi connectivity index (χ4n) is 1.98. The Labute approximate surface area is 132 Å². The van der Waals surface area contributed by atoms with Crippen molar-refractivity contribution in [2.24, 2.45) is 0 Å². The molecule has 1 aromatic carbocycles. The van der Waals surface area contributed by atoms with Gasteiger partial charge in [-0.3, -0.25) is 10.1 Å². The number of carbonyl (C=O) groups is 1. The minimum Gasteiger partial charge on any atom is -0.497 e. The maximum Gasteiger partial charge on any atom is 0.325 e. The molecule has 1 unspecified atom stereocenters. The minimum absolute atomic E-state index is 0.451. The number of rotatable bonds is 6. The number of aryl methyl sites for hydroxylation is 1. The summed E-state index contributed by atoms with van der Waals surface area (Å²) in [6.07, 6.45) is 0. The second-order valence-corrected chi connectivity index (χ2v) is 6.34. The molecule has 2 aromatic rings. The van der Waals surface area contributed by atoms with Gasteiger partial charge in [0, 0.05) is 11.4 Å². The van der Waals surface area contributed by atoms with Crippen molar-refractivity contribution in [1.29, 1.82) is 0 Å². The molecule has 0 radical (unpaired) electrons. The fraction of sp³-hybridized carbons (Fsp3) is 0.267. The number of methoxy groups -OCH3 is 1. The minimum atomic E-state index is -0.928. The smallest absolute Gasteiger partial charge is 0.325 e. The van der Waals surface area contributed by atoms with Gasteiger partial charge >= 0.3 is 5.97 Å². The van der Waals surface area contributed by atoms with Gasteiger partial charge < -0.3 is 9.84 Å². The highest BCUT2D eigenvalue weighted by Gasteiger charge is 2.20. The summed E-state index contributed by atoms with van der Waals surface area (Å²) in [5, 5.41) is 12.4. The van der Waals surface area contributed by atoms with Crippen LogP contribution in [0.2, 0.25) is 4.34 Å². The first-order valence-corrected chi connectivity index (χ1v) is 7.55. The van der Waals surface area contributed by atoms with E-state index < -0.39 is 12.0 Å². The predicted octanol–water partition coefficient (Wildman–Crippen LogP) is 3.63. The van der Waals surface area contributed by atoms with E-state index in [9.17, 15) is 9.90 Å². The first-order valence-electron chi connectivity index (χ1n) is 6.36. The van der Waals surface area contributed by atoms with Gasteiger partial charge in [0.15, 0.2) is 0 Å². The lowest BCUT2D eigenvalue weighted by Gasteiger charge is -2.15. The Morgan fingerprint density at radius 2 is 2.24 bits per heavy atom. The summed E-state index contributed by atoms with van der Waals surface area (Å²) in [7, 11) is 1.55. The Bertz CT molecular complexity index is 622. The molecule has 0 spiro atoms. The average Bonchev–Trinajstić information content (AvgIpc) is 2.78. The Morgan fingerprint density at radius 3 is 2.81 bits per heavy atom. The van der Waals surface area contributed by atoms with Crippen molar-refractivity contribution in [3.63, 3.8) is 0 Å². The van der Waals surface area contributed by atoms with E-state index in [1.807, 2.05) is 13.0 Å². The van der Waals surface area contributed by atoms with Gasteiger partial charge in [0.2, 0.25) is 0 Å². The number of thiophene rings is 1. The number of carboxylic acids is 1. The number of carboxylic acid groups (broad SMARTS) is 1. The lowest BCUT2D eigenvalue weighted by atomic mass is 10.1. The molecule has 2 rings (SSSR count). The number of hydrogen-bond acceptors (Lipinski definition) is 4. The molecule has 0 saturated carbocycles. The van der Waals surface area contributed by atoms with Gasteiger partial charge in [0.05, 0.1) is 11.4 Å². The van der Waals surface area contributed by atoms with Gasteiger partial charge in [-0.15, -0.1) is 11.3 Å². The normalized spacial score (nSPS) is 12.1. The molecule has 2 N–H and O–H groups in total. The molecule has 0 aliphatic rings. The number of aliphatic carboxylic acids is 1. The van der Waals surface area contributed by atoms with E-state index in [-0.39, 0.29) is 0 Å². The Balaban J connectivity index is 2.13. The van der Waals surface area contributed by atoms with Crippen molar-refractivity contribution in [2.45, 2.75) is 19.5 Å². The van der Waals surface area contributed by atoms with Crippen LogP contribution in [-0.2, 0) is 11.3 Å². The highest BCUT2D eigenvalue weighted by atomic mass is 35.5. The van der Waals surface area contributed by atoms with Crippen LogP contribution in [0.3, 0.4) is 0 Å². The maximum atomic E-state index is 11.5. The van der Waals surface area contributed by atoms with Gasteiger partial charge in [0.25, 0.3) is 0 Å². The quantitative estimate of drug-likeness (QED) is 0.851. The van der Waals surface area contributed by atoms with Crippen LogP contribution in [0.25, 0.3) is 0 Å². The average molecular weight is 326 g/mol. The van der Waals surface area contributed by atoms with E-state index in [0.717, 1.165) is 14.8 Å². The lowest BCUT2D eigenvalue weighted by Crippen LogP contribution is -2.27. The van der Waals surface area contributed by atoms with Crippen LogP contribution in [0.1, 0.15) is 22.0 Å². The SMILES string of the molecule is COc1cccc(C(NCc2cc(C)c(Cl)s2)C(=O)O)c1. The number of hydrogen-bond donors (Lipinski definition) is 2. The largest absolute Gasteiger partial charge is 0.497 e. The standard InChI is InChI=1S/C15H16ClNO3S/c1-9-6-12(21-14(9)16)8-17-13(15(18)19)10-4-3-5-11(7-10)20-2/h3-7,13,17H,8H2,1-2H3,(H,18,19). The zero-order valence-electron chi connectivity index (χ0n) is 11.7. The molecular weight excluding hydrogens is 310 g/mol. The molecule has 4 nitrogen and oxygen atoms in total. The molecule has 6 heteroatoms. The number of ether oxygens (including phenoxy) is 1. The Morgan fingerprint density at radius 1 is 1.48 bits per heavy atom. The molecule has 0 amide bonds. The van der Waals surface area contributed by atoms with Crippen LogP contribution >= 0.6 is 22.9 Å². The zero-order chi connectivity index (χ0) is 15.4. The van der Waals surface area contributed by atoms with E-state index in [2.05, 4.69) is 5.32 Å². The van der Waals surface area contributed by atoms with Gasteiger partial charge in [-0.05, 0) is 36.2 Å². The molecule has 0 aliphatic heterocycles. The van der Waals surface area contributed by atoms with Crippen molar-refractivity contribution in [3.05, 3.63) is 50.7 Å². The Hall–Kier alpha value is -1.56. The first-order chi connectivity index (χ1) is 10.0. The summed E-state index contributed by atoms with van der Waals surface area (Å²) in [5.41, 5.74) is 1.66. The molecular formula is C15H16ClNO3S. The molecule has 0 fully saturated rings. The molecule has 0 saturated heterocycles. The highest BCUT2D eigenvalue weighted by Crippen LogP contribution is 2.27. The summed E-state index contributed by atoms with van der Waals surface area (Å²) in [5.74, 6) is -0.293. The Kier molecular flexibility index (Phi) is 5.22. The van der Waals surface area contributed by atoms with E-state index in [0.29, 0.717) is 17.9 Å². The molecule has 0 aliphatic carbocycles. The van der Waals surface area contributed by atoms with Crippen molar-refractivity contribution < 1.29 is 14.6 Å². The highest BCUT2D eigenvalue weighted by molar-refractivity contribution is 7.16. The molecule has 112 valence electrons. The summed E-state index contributed by atoms with van der Waals surface area (Å²) in [6.45, 7) is 2.38. The third-order valence-corrected chi connectivity index (χ3v) is 4.62. The predicted molar refractivity (Wildman–Crippen MR) is 84.3 cm³/mol. The summed E-state index contributed by atoms with van der Waals surface area (Å²) in [6, 6.07) is 8.22. The van der Waals surface area contributed by atoms with Gasteiger partial charge in [-0.25, -0.2) is 0 Å². The van der Waals surface area contributed by atoms with Gasteiger partial charge in [-0.2, -0.15) is 0 Å². The second kappa shape index (κ2) is 6.93. The summed E-state index contributed by atoms with van der Waals surface area (Å²) >= 11 is 7.48. The van der Waals surface area contributed by atoms with Crippen LogP contribution in [-0.4, -0.2) is 18.2 Å². The number of nitrogens with one attached hydrogen (secondary N) is 1.